The lowest BCUT2D eigenvalue weighted by Crippen LogP contribution is -2.70. The molecule has 2 rings (SSSR count). The van der Waals surface area contributed by atoms with Crippen molar-refractivity contribution in [1.29, 1.82) is 0 Å². The lowest BCUT2D eigenvalue weighted by molar-refractivity contribution is -0.155. The largest absolute Gasteiger partial charge is 0.340 e. The fourth-order valence-electron chi connectivity index (χ4n) is 3.40. The van der Waals surface area contributed by atoms with Crippen LogP contribution >= 0.6 is 0 Å². The standard InChI is InChI=1S/C17H30N2O2/c1-5-7-14-15(20)18-17(4,13-9-10-13)16(21)19(14)11-6-8-12(2)3/h12-14H,5-11H2,1-4H3,(H,18,20). The molecule has 2 fully saturated rings. The molecule has 4 nitrogen and oxygen atoms in total. The van der Waals surface area contributed by atoms with Gasteiger partial charge in [0.05, 0.1) is 0 Å². The Morgan fingerprint density at radius 1 is 1.33 bits per heavy atom. The number of amides is 2. The average molecular weight is 294 g/mol. The van der Waals surface area contributed by atoms with E-state index in [4.69, 9.17) is 0 Å². The fraction of sp³-hybridized carbons (Fsp3) is 0.882. The summed E-state index contributed by atoms with van der Waals surface area (Å²) in [7, 11) is 0. The van der Waals surface area contributed by atoms with Gasteiger partial charge in [0.1, 0.15) is 11.6 Å². The van der Waals surface area contributed by atoms with E-state index in [1.165, 1.54) is 0 Å². The maximum atomic E-state index is 12.9. The normalized spacial score (nSPS) is 30.0. The molecule has 2 atom stereocenters. The van der Waals surface area contributed by atoms with Gasteiger partial charge in [-0.05, 0) is 50.9 Å². The quantitative estimate of drug-likeness (QED) is 0.785. The summed E-state index contributed by atoms with van der Waals surface area (Å²) in [6.45, 7) is 9.10. The van der Waals surface area contributed by atoms with Gasteiger partial charge in [-0.2, -0.15) is 0 Å². The second-order valence-corrected chi connectivity index (χ2v) is 7.30. The number of hydrogen-bond acceptors (Lipinski definition) is 2. The van der Waals surface area contributed by atoms with E-state index in [1.54, 1.807) is 0 Å². The molecule has 2 aliphatic rings. The summed E-state index contributed by atoms with van der Waals surface area (Å²) in [4.78, 5) is 27.3. The molecule has 1 saturated heterocycles. The lowest BCUT2D eigenvalue weighted by atomic mass is 9.88. The van der Waals surface area contributed by atoms with Crippen molar-refractivity contribution in [2.75, 3.05) is 6.54 Å². The molecule has 4 heteroatoms. The Balaban J connectivity index is 2.12. The van der Waals surface area contributed by atoms with Gasteiger partial charge >= 0.3 is 0 Å². The predicted molar refractivity (Wildman–Crippen MR) is 83.8 cm³/mol. The van der Waals surface area contributed by atoms with Gasteiger partial charge in [0.2, 0.25) is 11.8 Å². The maximum Gasteiger partial charge on any atom is 0.249 e. The molecule has 1 heterocycles. The topological polar surface area (TPSA) is 49.4 Å². The first-order valence-corrected chi connectivity index (χ1v) is 8.53. The zero-order valence-corrected chi connectivity index (χ0v) is 13.9. The van der Waals surface area contributed by atoms with Gasteiger partial charge in [-0.1, -0.05) is 27.2 Å². The van der Waals surface area contributed by atoms with Crippen molar-refractivity contribution >= 4 is 11.8 Å². The summed E-state index contributed by atoms with van der Waals surface area (Å²) in [5, 5.41) is 3.04. The Kier molecular flexibility index (Phi) is 4.95. The van der Waals surface area contributed by atoms with Crippen LogP contribution in [0.1, 0.15) is 66.2 Å². The molecule has 2 unspecified atom stereocenters. The minimum atomic E-state index is -0.654. The van der Waals surface area contributed by atoms with E-state index in [1.807, 2.05) is 11.8 Å². The maximum absolute atomic E-state index is 12.9. The Bertz CT molecular complexity index is 404. The second kappa shape index (κ2) is 6.37. The van der Waals surface area contributed by atoms with Crippen LogP contribution in [0.2, 0.25) is 0 Å². The number of carbonyl (C=O) groups is 2. The first-order chi connectivity index (χ1) is 9.90. The summed E-state index contributed by atoms with van der Waals surface area (Å²) in [6.07, 6.45) is 5.88. The molecule has 0 radical (unpaired) electrons. The van der Waals surface area contributed by atoms with Gasteiger partial charge in [-0.3, -0.25) is 9.59 Å². The summed E-state index contributed by atoms with van der Waals surface area (Å²) in [5.41, 5.74) is -0.654. The van der Waals surface area contributed by atoms with Crippen LogP contribution in [0, 0.1) is 11.8 Å². The highest BCUT2D eigenvalue weighted by atomic mass is 16.2. The van der Waals surface area contributed by atoms with Crippen LogP contribution in [0.25, 0.3) is 0 Å². The summed E-state index contributed by atoms with van der Waals surface area (Å²) >= 11 is 0. The van der Waals surface area contributed by atoms with Crippen LogP contribution in [-0.2, 0) is 9.59 Å². The van der Waals surface area contributed by atoms with Gasteiger partial charge in [0, 0.05) is 6.54 Å². The van der Waals surface area contributed by atoms with Crippen LogP contribution in [-0.4, -0.2) is 34.8 Å². The van der Waals surface area contributed by atoms with E-state index in [2.05, 4.69) is 26.1 Å². The van der Waals surface area contributed by atoms with E-state index in [-0.39, 0.29) is 17.9 Å². The Morgan fingerprint density at radius 2 is 2.00 bits per heavy atom. The van der Waals surface area contributed by atoms with E-state index in [9.17, 15) is 9.59 Å². The fourth-order valence-corrected chi connectivity index (χ4v) is 3.40. The lowest BCUT2D eigenvalue weighted by Gasteiger charge is -2.45. The molecule has 0 aromatic heterocycles. The Morgan fingerprint density at radius 3 is 2.52 bits per heavy atom. The van der Waals surface area contributed by atoms with Crippen LogP contribution < -0.4 is 5.32 Å². The van der Waals surface area contributed by atoms with Gasteiger partial charge in [0.25, 0.3) is 0 Å². The van der Waals surface area contributed by atoms with E-state index in [0.717, 1.165) is 45.1 Å². The molecule has 1 saturated carbocycles. The van der Waals surface area contributed by atoms with Crippen molar-refractivity contribution in [3.05, 3.63) is 0 Å². The SMILES string of the molecule is CCCC1C(=O)NC(C)(C2CC2)C(=O)N1CCCC(C)C. The first-order valence-electron chi connectivity index (χ1n) is 8.53. The highest BCUT2D eigenvalue weighted by Gasteiger charge is 2.54. The van der Waals surface area contributed by atoms with Crippen molar-refractivity contribution in [3.8, 4) is 0 Å². The van der Waals surface area contributed by atoms with Gasteiger partial charge in [-0.25, -0.2) is 0 Å². The van der Waals surface area contributed by atoms with Crippen LogP contribution in [0.5, 0.6) is 0 Å². The number of rotatable bonds is 7. The molecule has 1 aliphatic carbocycles. The van der Waals surface area contributed by atoms with E-state index in [0.29, 0.717) is 11.8 Å². The predicted octanol–water partition coefficient (Wildman–Crippen LogP) is 2.72. The van der Waals surface area contributed by atoms with Crippen molar-refractivity contribution < 1.29 is 9.59 Å². The molecule has 0 aromatic carbocycles. The second-order valence-electron chi connectivity index (χ2n) is 7.30. The zero-order chi connectivity index (χ0) is 15.6. The molecule has 120 valence electrons. The number of hydrogen-bond donors (Lipinski definition) is 1. The Hall–Kier alpha value is -1.06. The van der Waals surface area contributed by atoms with Crippen molar-refractivity contribution in [1.82, 2.24) is 10.2 Å². The minimum Gasteiger partial charge on any atom is -0.340 e. The molecule has 0 spiro atoms. The highest BCUT2D eigenvalue weighted by molar-refractivity contribution is 6.00. The number of carbonyl (C=O) groups excluding carboxylic acids is 2. The third kappa shape index (κ3) is 3.41. The summed E-state index contributed by atoms with van der Waals surface area (Å²) in [5.74, 6) is 1.17. The van der Waals surface area contributed by atoms with Crippen LogP contribution in [0.15, 0.2) is 0 Å². The third-order valence-electron chi connectivity index (χ3n) is 4.90. The Labute approximate surface area is 128 Å². The monoisotopic (exact) mass is 294 g/mol. The van der Waals surface area contributed by atoms with Crippen LogP contribution in [0.3, 0.4) is 0 Å². The van der Waals surface area contributed by atoms with E-state index < -0.39 is 5.54 Å². The van der Waals surface area contributed by atoms with Crippen LogP contribution in [0.4, 0.5) is 0 Å². The molecule has 0 aromatic rings. The number of piperazine rings is 1. The van der Waals surface area contributed by atoms with Gasteiger partial charge in [0.15, 0.2) is 0 Å². The molecular weight excluding hydrogens is 264 g/mol. The smallest absolute Gasteiger partial charge is 0.249 e. The van der Waals surface area contributed by atoms with Crippen molar-refractivity contribution in [3.63, 3.8) is 0 Å². The van der Waals surface area contributed by atoms with Gasteiger partial charge < -0.3 is 10.2 Å². The first kappa shape index (κ1) is 16.3. The van der Waals surface area contributed by atoms with E-state index >= 15 is 0 Å². The molecule has 1 N–H and O–H groups in total. The molecule has 0 bridgehead atoms. The number of nitrogens with zero attached hydrogens (tertiary/aromatic N) is 1. The average Bonchev–Trinajstić information content (AvgIpc) is 3.23. The summed E-state index contributed by atoms with van der Waals surface area (Å²) in [6, 6.07) is -0.263. The molecular formula is C17H30N2O2. The highest BCUT2D eigenvalue weighted by Crippen LogP contribution is 2.42. The summed E-state index contributed by atoms with van der Waals surface area (Å²) < 4.78 is 0. The number of nitrogens with one attached hydrogen (secondary N) is 1. The molecule has 21 heavy (non-hydrogen) atoms. The molecule has 2 amide bonds. The minimum absolute atomic E-state index is 0.0513. The van der Waals surface area contributed by atoms with Crippen molar-refractivity contribution in [2.24, 2.45) is 11.8 Å². The molecule has 1 aliphatic heterocycles. The van der Waals surface area contributed by atoms with Gasteiger partial charge in [-0.15, -0.1) is 0 Å². The zero-order valence-electron chi connectivity index (χ0n) is 13.9. The van der Waals surface area contributed by atoms with Crippen molar-refractivity contribution in [2.45, 2.75) is 77.8 Å². The third-order valence-corrected chi connectivity index (χ3v) is 4.90.